The Labute approximate surface area is 220 Å². The van der Waals surface area contributed by atoms with Gasteiger partial charge >= 0.3 is 0 Å². The maximum atomic E-state index is 13.5. The van der Waals surface area contributed by atoms with Crippen LogP contribution in [-0.2, 0) is 0 Å². The molecule has 0 atom stereocenters. The van der Waals surface area contributed by atoms with E-state index in [0.717, 1.165) is 52.6 Å². The summed E-state index contributed by atoms with van der Waals surface area (Å²) in [6, 6.07) is 15.9. The van der Waals surface area contributed by atoms with Gasteiger partial charge in [0.2, 0.25) is 0 Å². The van der Waals surface area contributed by atoms with Crippen molar-refractivity contribution in [3.05, 3.63) is 66.6 Å². The SMILES string of the molecule is O=C(c1cc2ccc(-c3nccc(Nc4ccc5[nH]ncc5c4)n3)cc2[nH]1)N1CCCC2(CCCCC2)C1. The molecule has 2 fully saturated rings. The van der Waals surface area contributed by atoms with E-state index in [0.29, 0.717) is 22.8 Å². The molecule has 2 aromatic carbocycles. The van der Waals surface area contributed by atoms with Crippen molar-refractivity contribution in [2.45, 2.75) is 44.9 Å². The fourth-order valence-electron chi connectivity index (χ4n) is 6.38. The molecule has 1 spiro atoms. The molecule has 1 aliphatic heterocycles. The highest BCUT2D eigenvalue weighted by Gasteiger charge is 2.38. The molecule has 38 heavy (non-hydrogen) atoms. The molecule has 0 bridgehead atoms. The van der Waals surface area contributed by atoms with Gasteiger partial charge in [0.25, 0.3) is 5.91 Å². The zero-order valence-corrected chi connectivity index (χ0v) is 21.3. The summed E-state index contributed by atoms with van der Waals surface area (Å²) >= 11 is 0. The second-order valence-electron chi connectivity index (χ2n) is 10.9. The molecule has 3 aromatic heterocycles. The molecular weight excluding hydrogens is 474 g/mol. The molecule has 3 N–H and O–H groups in total. The van der Waals surface area contributed by atoms with Gasteiger partial charge in [0.1, 0.15) is 11.5 Å². The lowest BCUT2D eigenvalue weighted by Crippen LogP contribution is -2.47. The number of anilines is 2. The van der Waals surface area contributed by atoms with Crippen molar-refractivity contribution in [1.82, 2.24) is 30.0 Å². The minimum absolute atomic E-state index is 0.115. The van der Waals surface area contributed by atoms with Crippen molar-refractivity contribution < 1.29 is 4.79 Å². The number of amides is 1. The van der Waals surface area contributed by atoms with Crippen LogP contribution in [0.4, 0.5) is 11.5 Å². The van der Waals surface area contributed by atoms with E-state index in [-0.39, 0.29) is 5.91 Å². The first-order valence-corrected chi connectivity index (χ1v) is 13.6. The number of hydrogen-bond acceptors (Lipinski definition) is 5. The number of rotatable bonds is 4. The van der Waals surface area contributed by atoms with Crippen LogP contribution in [0.1, 0.15) is 55.4 Å². The van der Waals surface area contributed by atoms with Crippen LogP contribution < -0.4 is 5.32 Å². The van der Waals surface area contributed by atoms with Crippen molar-refractivity contribution >= 4 is 39.2 Å². The Balaban J connectivity index is 1.11. The van der Waals surface area contributed by atoms with Crippen molar-refractivity contribution in [2.24, 2.45) is 5.41 Å². The van der Waals surface area contributed by atoms with E-state index in [9.17, 15) is 4.79 Å². The molecule has 192 valence electrons. The summed E-state index contributed by atoms with van der Waals surface area (Å²) < 4.78 is 0. The van der Waals surface area contributed by atoms with Crippen LogP contribution in [0.15, 0.2) is 60.9 Å². The molecular formula is C30H31N7O. The number of H-pyrrole nitrogens is 2. The maximum Gasteiger partial charge on any atom is 0.270 e. The first-order chi connectivity index (χ1) is 18.6. The minimum Gasteiger partial charge on any atom is -0.351 e. The van der Waals surface area contributed by atoms with Gasteiger partial charge in [-0.2, -0.15) is 5.10 Å². The number of likely N-dealkylation sites (tertiary alicyclic amines) is 1. The highest BCUT2D eigenvalue weighted by atomic mass is 16.2. The summed E-state index contributed by atoms with van der Waals surface area (Å²) in [4.78, 5) is 28.2. The number of hydrogen-bond donors (Lipinski definition) is 3. The molecule has 0 unspecified atom stereocenters. The average molecular weight is 506 g/mol. The zero-order valence-electron chi connectivity index (χ0n) is 21.3. The molecule has 2 aliphatic rings. The average Bonchev–Trinajstić information content (AvgIpc) is 3.59. The first-order valence-electron chi connectivity index (χ1n) is 13.6. The Bertz CT molecular complexity index is 1620. The van der Waals surface area contributed by atoms with Crippen molar-refractivity contribution in [3.8, 4) is 11.4 Å². The lowest BCUT2D eigenvalue weighted by atomic mass is 9.69. The molecule has 1 saturated carbocycles. The number of piperidine rings is 1. The number of aromatic nitrogens is 5. The van der Waals surface area contributed by atoms with E-state index in [1.54, 1.807) is 12.4 Å². The Hall–Kier alpha value is -4.20. The third-order valence-corrected chi connectivity index (χ3v) is 8.34. The van der Waals surface area contributed by atoms with Gasteiger partial charge in [0, 0.05) is 46.8 Å². The molecule has 1 aliphatic carbocycles. The smallest absolute Gasteiger partial charge is 0.270 e. The fraction of sp³-hybridized carbons (Fsp3) is 0.333. The third-order valence-electron chi connectivity index (χ3n) is 8.34. The van der Waals surface area contributed by atoms with Gasteiger partial charge in [-0.25, -0.2) is 9.97 Å². The Morgan fingerprint density at radius 1 is 0.921 bits per heavy atom. The Morgan fingerprint density at radius 3 is 2.74 bits per heavy atom. The number of carbonyl (C=O) groups is 1. The van der Waals surface area contributed by atoms with Gasteiger partial charge < -0.3 is 15.2 Å². The number of fused-ring (bicyclic) bond motifs is 2. The molecule has 8 heteroatoms. The third kappa shape index (κ3) is 4.30. The molecule has 4 heterocycles. The van der Waals surface area contributed by atoms with Gasteiger partial charge in [-0.1, -0.05) is 31.4 Å². The number of nitrogens with one attached hydrogen (secondary N) is 3. The minimum atomic E-state index is 0.115. The topological polar surface area (TPSA) is 103 Å². The second-order valence-corrected chi connectivity index (χ2v) is 10.9. The standard InChI is InChI=1S/C30H31N7O/c38-29(37-14-4-12-30(19-37)10-2-1-3-11-30)26-16-20-5-6-21(17-25(20)34-26)28-31-13-9-27(35-28)33-23-7-8-24-22(15-23)18-32-36-24/h5-9,13,15-18,34H,1-4,10-12,14,19H2,(H,32,36)(H,31,33,35). The summed E-state index contributed by atoms with van der Waals surface area (Å²) in [5.74, 6) is 1.45. The number of aromatic amines is 2. The zero-order chi connectivity index (χ0) is 25.5. The normalized spacial score (nSPS) is 17.3. The monoisotopic (exact) mass is 505 g/mol. The highest BCUT2D eigenvalue weighted by molar-refractivity contribution is 5.98. The number of benzene rings is 2. The predicted molar refractivity (Wildman–Crippen MR) is 149 cm³/mol. The number of carbonyl (C=O) groups excluding carboxylic acids is 1. The van der Waals surface area contributed by atoms with Gasteiger partial charge in [0.15, 0.2) is 5.82 Å². The van der Waals surface area contributed by atoms with E-state index >= 15 is 0 Å². The largest absolute Gasteiger partial charge is 0.351 e. The van der Waals surface area contributed by atoms with E-state index in [1.165, 1.54) is 38.5 Å². The first kappa shape index (κ1) is 23.0. The van der Waals surface area contributed by atoms with Gasteiger partial charge in [0.05, 0.1) is 11.7 Å². The van der Waals surface area contributed by atoms with Crippen LogP contribution in [0.5, 0.6) is 0 Å². The highest BCUT2D eigenvalue weighted by Crippen LogP contribution is 2.43. The van der Waals surface area contributed by atoms with Gasteiger partial charge in [-0.3, -0.25) is 9.89 Å². The van der Waals surface area contributed by atoms with Crippen LogP contribution in [0.3, 0.4) is 0 Å². The summed E-state index contributed by atoms with van der Waals surface area (Å²) in [6.45, 7) is 1.75. The van der Waals surface area contributed by atoms with Crippen LogP contribution in [0.25, 0.3) is 33.2 Å². The second kappa shape index (κ2) is 9.28. The number of nitrogens with zero attached hydrogens (tertiary/aromatic N) is 4. The van der Waals surface area contributed by atoms with Crippen molar-refractivity contribution in [2.75, 3.05) is 18.4 Å². The Kier molecular flexibility index (Phi) is 5.60. The molecule has 1 saturated heterocycles. The van der Waals surface area contributed by atoms with Crippen molar-refractivity contribution in [1.29, 1.82) is 0 Å². The maximum absolute atomic E-state index is 13.5. The fourth-order valence-corrected chi connectivity index (χ4v) is 6.38. The molecule has 8 nitrogen and oxygen atoms in total. The van der Waals surface area contributed by atoms with E-state index in [4.69, 9.17) is 4.98 Å². The van der Waals surface area contributed by atoms with Gasteiger partial charge in [-0.15, -0.1) is 0 Å². The van der Waals surface area contributed by atoms with E-state index < -0.39 is 0 Å². The summed E-state index contributed by atoms with van der Waals surface area (Å²) in [5.41, 5.74) is 4.74. The quantitative estimate of drug-likeness (QED) is 0.261. The predicted octanol–water partition coefficient (Wildman–Crippen LogP) is 6.43. The Morgan fingerprint density at radius 2 is 1.82 bits per heavy atom. The lowest BCUT2D eigenvalue weighted by Gasteiger charge is -2.45. The molecule has 0 radical (unpaired) electrons. The molecule has 1 amide bonds. The van der Waals surface area contributed by atoms with E-state index in [1.807, 2.05) is 48.5 Å². The van der Waals surface area contributed by atoms with Crippen LogP contribution in [-0.4, -0.2) is 49.0 Å². The van der Waals surface area contributed by atoms with Crippen molar-refractivity contribution in [3.63, 3.8) is 0 Å². The van der Waals surface area contributed by atoms with E-state index in [2.05, 4.69) is 30.4 Å². The van der Waals surface area contributed by atoms with Crippen LogP contribution >= 0.6 is 0 Å². The summed E-state index contributed by atoms with van der Waals surface area (Å²) in [7, 11) is 0. The van der Waals surface area contributed by atoms with Gasteiger partial charge in [-0.05, 0) is 67.5 Å². The molecule has 5 aromatic rings. The summed E-state index contributed by atoms with van der Waals surface area (Å²) in [5, 5.41) is 12.5. The summed E-state index contributed by atoms with van der Waals surface area (Å²) in [6.07, 6.45) is 12.4. The van der Waals surface area contributed by atoms with Crippen LogP contribution in [0.2, 0.25) is 0 Å². The lowest BCUT2D eigenvalue weighted by molar-refractivity contribution is 0.0380. The van der Waals surface area contributed by atoms with Crippen LogP contribution in [0, 0.1) is 5.41 Å². The molecule has 7 rings (SSSR count).